The lowest BCUT2D eigenvalue weighted by atomic mass is 10.1. The first-order valence-corrected chi connectivity index (χ1v) is 4.67. The molecule has 1 aromatic heterocycles. The number of benzene rings is 1. The molecule has 0 fully saturated rings. The van der Waals surface area contributed by atoms with Crippen molar-refractivity contribution in [3.63, 3.8) is 0 Å². The molecule has 82 valence electrons. The van der Waals surface area contributed by atoms with Crippen molar-refractivity contribution in [1.29, 1.82) is 0 Å². The van der Waals surface area contributed by atoms with Crippen LogP contribution < -0.4 is 0 Å². The molecule has 2 rings (SSSR count). The van der Waals surface area contributed by atoms with Gasteiger partial charge in [-0.25, -0.2) is 4.39 Å². The number of hydrogen-bond acceptors (Lipinski definition) is 2. The van der Waals surface area contributed by atoms with E-state index < -0.39 is 5.97 Å². The number of nitrogens with zero attached hydrogens (tertiary/aromatic N) is 1. The maximum atomic E-state index is 13.0. The second-order valence-corrected chi connectivity index (χ2v) is 3.34. The SMILES string of the molecule is O=C(O)Cc1[nH]ncc1-c1cccc(F)c1. The molecule has 1 aromatic carbocycles. The standard InChI is InChI=1S/C11H9FN2O2/c12-8-3-1-2-7(4-8)9-6-13-14-10(9)5-11(15)16/h1-4,6H,5H2,(H,13,14)(H,15,16). The van der Waals surface area contributed by atoms with Crippen LogP contribution in [0.25, 0.3) is 11.1 Å². The summed E-state index contributed by atoms with van der Waals surface area (Å²) in [5, 5.41) is 15.1. The van der Waals surface area contributed by atoms with Gasteiger partial charge < -0.3 is 5.11 Å². The Labute approximate surface area is 90.7 Å². The summed E-state index contributed by atoms with van der Waals surface area (Å²) in [6.45, 7) is 0. The highest BCUT2D eigenvalue weighted by Gasteiger charge is 2.11. The Morgan fingerprint density at radius 3 is 3.00 bits per heavy atom. The molecule has 0 atom stereocenters. The second-order valence-electron chi connectivity index (χ2n) is 3.34. The minimum atomic E-state index is -0.957. The van der Waals surface area contributed by atoms with E-state index in [1.54, 1.807) is 12.1 Å². The molecule has 0 amide bonds. The Bertz CT molecular complexity index is 522. The van der Waals surface area contributed by atoms with E-state index in [1.807, 2.05) is 0 Å². The highest BCUT2D eigenvalue weighted by molar-refractivity contribution is 5.75. The summed E-state index contributed by atoms with van der Waals surface area (Å²) in [7, 11) is 0. The van der Waals surface area contributed by atoms with Gasteiger partial charge in [0.15, 0.2) is 0 Å². The van der Waals surface area contributed by atoms with Crippen LogP contribution in [-0.2, 0) is 11.2 Å². The molecule has 0 unspecified atom stereocenters. The third-order valence-corrected chi connectivity index (χ3v) is 2.18. The van der Waals surface area contributed by atoms with Gasteiger partial charge in [-0.3, -0.25) is 9.89 Å². The molecule has 2 aromatic rings. The first kappa shape index (κ1) is 10.4. The van der Waals surface area contributed by atoms with Gasteiger partial charge in [0.05, 0.1) is 18.3 Å². The fourth-order valence-corrected chi connectivity index (χ4v) is 1.50. The summed E-state index contributed by atoms with van der Waals surface area (Å²) < 4.78 is 13.0. The average Bonchev–Trinajstić information content (AvgIpc) is 2.65. The van der Waals surface area contributed by atoms with Crippen molar-refractivity contribution >= 4 is 5.97 Å². The maximum Gasteiger partial charge on any atom is 0.309 e. The predicted molar refractivity (Wildman–Crippen MR) is 55.3 cm³/mol. The lowest BCUT2D eigenvalue weighted by Gasteiger charge is -2.00. The van der Waals surface area contributed by atoms with Crippen molar-refractivity contribution in [2.45, 2.75) is 6.42 Å². The Morgan fingerprint density at radius 2 is 2.31 bits per heavy atom. The summed E-state index contributed by atoms with van der Waals surface area (Å²) in [5.74, 6) is -1.32. The molecule has 0 spiro atoms. The van der Waals surface area contributed by atoms with E-state index in [4.69, 9.17) is 5.11 Å². The number of rotatable bonds is 3. The summed E-state index contributed by atoms with van der Waals surface area (Å²) in [5.41, 5.74) is 1.70. The number of aromatic nitrogens is 2. The van der Waals surface area contributed by atoms with Crippen molar-refractivity contribution in [1.82, 2.24) is 10.2 Å². The Balaban J connectivity index is 2.40. The number of H-pyrrole nitrogens is 1. The molecule has 0 aliphatic rings. The van der Waals surface area contributed by atoms with Gasteiger partial charge in [0.1, 0.15) is 5.82 Å². The molecule has 0 aliphatic heterocycles. The molecule has 16 heavy (non-hydrogen) atoms. The van der Waals surface area contributed by atoms with Crippen molar-refractivity contribution in [3.8, 4) is 11.1 Å². The normalized spacial score (nSPS) is 10.3. The second kappa shape index (κ2) is 4.14. The molecule has 4 nitrogen and oxygen atoms in total. The molecular weight excluding hydrogens is 211 g/mol. The first-order chi connectivity index (χ1) is 7.66. The van der Waals surface area contributed by atoms with E-state index in [-0.39, 0.29) is 12.2 Å². The minimum absolute atomic E-state index is 0.161. The lowest BCUT2D eigenvalue weighted by Crippen LogP contribution is -2.01. The molecule has 0 saturated carbocycles. The van der Waals surface area contributed by atoms with Crippen LogP contribution in [0.15, 0.2) is 30.5 Å². The number of hydrogen-bond donors (Lipinski definition) is 2. The zero-order chi connectivity index (χ0) is 11.5. The van der Waals surface area contributed by atoms with E-state index in [0.717, 1.165) is 0 Å². The van der Waals surface area contributed by atoms with Gasteiger partial charge in [0, 0.05) is 5.56 Å². The van der Waals surface area contributed by atoms with Crippen LogP contribution in [-0.4, -0.2) is 21.3 Å². The van der Waals surface area contributed by atoms with E-state index in [2.05, 4.69) is 10.2 Å². The van der Waals surface area contributed by atoms with Crippen LogP contribution in [0.5, 0.6) is 0 Å². The molecule has 0 bridgehead atoms. The zero-order valence-electron chi connectivity index (χ0n) is 8.27. The quantitative estimate of drug-likeness (QED) is 0.829. The van der Waals surface area contributed by atoms with Crippen LogP contribution in [0.2, 0.25) is 0 Å². The number of halogens is 1. The van der Waals surface area contributed by atoms with Crippen molar-refractivity contribution in [3.05, 3.63) is 42.0 Å². The summed E-state index contributed by atoms with van der Waals surface area (Å²) in [6.07, 6.45) is 1.33. The van der Waals surface area contributed by atoms with Crippen molar-refractivity contribution in [2.24, 2.45) is 0 Å². The molecule has 0 saturated heterocycles. The van der Waals surface area contributed by atoms with Gasteiger partial charge in [0.25, 0.3) is 0 Å². The Morgan fingerprint density at radius 1 is 1.50 bits per heavy atom. The Hall–Kier alpha value is -2.17. The van der Waals surface area contributed by atoms with Crippen LogP contribution in [0, 0.1) is 5.82 Å². The first-order valence-electron chi connectivity index (χ1n) is 4.67. The topological polar surface area (TPSA) is 66.0 Å². The molecule has 0 aliphatic carbocycles. The predicted octanol–water partition coefficient (Wildman–Crippen LogP) is 1.84. The minimum Gasteiger partial charge on any atom is -0.481 e. The summed E-state index contributed by atoms with van der Waals surface area (Å²) in [6, 6.07) is 5.96. The monoisotopic (exact) mass is 220 g/mol. The van der Waals surface area contributed by atoms with Gasteiger partial charge in [-0.05, 0) is 17.7 Å². The number of carboxylic acid groups (broad SMARTS) is 1. The smallest absolute Gasteiger partial charge is 0.309 e. The molecule has 5 heteroatoms. The van der Waals surface area contributed by atoms with Gasteiger partial charge in [-0.1, -0.05) is 12.1 Å². The summed E-state index contributed by atoms with van der Waals surface area (Å²) >= 11 is 0. The van der Waals surface area contributed by atoms with Gasteiger partial charge in [-0.15, -0.1) is 0 Å². The van der Waals surface area contributed by atoms with Crippen LogP contribution >= 0.6 is 0 Å². The van der Waals surface area contributed by atoms with Crippen molar-refractivity contribution in [2.75, 3.05) is 0 Å². The van der Waals surface area contributed by atoms with E-state index >= 15 is 0 Å². The third-order valence-electron chi connectivity index (χ3n) is 2.18. The van der Waals surface area contributed by atoms with Crippen molar-refractivity contribution < 1.29 is 14.3 Å². The zero-order valence-corrected chi connectivity index (χ0v) is 8.27. The average molecular weight is 220 g/mol. The van der Waals surface area contributed by atoms with Crippen LogP contribution in [0.3, 0.4) is 0 Å². The van der Waals surface area contributed by atoms with Gasteiger partial charge in [-0.2, -0.15) is 5.10 Å². The fraction of sp³-hybridized carbons (Fsp3) is 0.0909. The van der Waals surface area contributed by atoms with Gasteiger partial charge >= 0.3 is 5.97 Å². The highest BCUT2D eigenvalue weighted by atomic mass is 19.1. The van der Waals surface area contributed by atoms with E-state index in [9.17, 15) is 9.18 Å². The van der Waals surface area contributed by atoms with Gasteiger partial charge in [0.2, 0.25) is 0 Å². The number of nitrogens with one attached hydrogen (secondary N) is 1. The largest absolute Gasteiger partial charge is 0.481 e. The molecule has 0 radical (unpaired) electrons. The highest BCUT2D eigenvalue weighted by Crippen LogP contribution is 2.22. The van der Waals surface area contributed by atoms with Crippen LogP contribution in [0.1, 0.15) is 5.69 Å². The number of aromatic amines is 1. The molecular formula is C11H9FN2O2. The Kier molecular flexibility index (Phi) is 2.68. The lowest BCUT2D eigenvalue weighted by molar-refractivity contribution is -0.136. The number of carboxylic acids is 1. The maximum absolute atomic E-state index is 13.0. The molecule has 1 heterocycles. The van der Waals surface area contributed by atoms with E-state index in [1.165, 1.54) is 18.3 Å². The fourth-order valence-electron chi connectivity index (χ4n) is 1.50. The third kappa shape index (κ3) is 2.08. The van der Waals surface area contributed by atoms with E-state index in [0.29, 0.717) is 16.8 Å². The number of carbonyl (C=O) groups is 1. The summed E-state index contributed by atoms with van der Waals surface area (Å²) in [4.78, 5) is 10.6. The van der Waals surface area contributed by atoms with Crippen LogP contribution in [0.4, 0.5) is 4.39 Å². The molecule has 2 N–H and O–H groups in total. The number of aliphatic carboxylic acids is 1.